The first-order valence-electron chi connectivity index (χ1n) is 7.88. The summed E-state index contributed by atoms with van der Waals surface area (Å²) in [7, 11) is 1.54. The van der Waals surface area contributed by atoms with Gasteiger partial charge in [-0.15, -0.1) is 0 Å². The van der Waals surface area contributed by atoms with E-state index in [1.54, 1.807) is 43.3 Å². The molecule has 3 rings (SSSR count). The zero-order chi connectivity index (χ0) is 18.0. The molecule has 6 nitrogen and oxygen atoms in total. The average Bonchev–Trinajstić information content (AvgIpc) is 2.61. The monoisotopic (exact) mass is 338 g/mol. The Morgan fingerprint density at radius 3 is 2.64 bits per heavy atom. The number of benzene rings is 2. The number of nitrogens with one attached hydrogen (secondary N) is 2. The zero-order valence-electron chi connectivity index (χ0n) is 14.0. The fraction of sp³-hybridized carbons (Fsp3) is 0.211. The zero-order valence-corrected chi connectivity index (χ0v) is 14.0. The van der Waals surface area contributed by atoms with Crippen LogP contribution in [0.25, 0.3) is 0 Å². The number of amides is 2. The normalized spacial score (nSPS) is 18.7. The SMILES string of the molecule is CNC(=O)c1cccc(NC(=O)[C@]2(C)Cc3ccccc3C(=O)O2)c1. The largest absolute Gasteiger partial charge is 0.445 e. The molecule has 1 aliphatic heterocycles. The van der Waals surface area contributed by atoms with E-state index in [0.29, 0.717) is 16.8 Å². The van der Waals surface area contributed by atoms with Gasteiger partial charge in [-0.05, 0) is 36.8 Å². The smallest absolute Gasteiger partial charge is 0.339 e. The minimum absolute atomic E-state index is 0.250. The second-order valence-corrected chi connectivity index (χ2v) is 6.07. The minimum Gasteiger partial charge on any atom is -0.445 e. The van der Waals surface area contributed by atoms with Gasteiger partial charge in [-0.3, -0.25) is 9.59 Å². The van der Waals surface area contributed by atoms with E-state index in [9.17, 15) is 14.4 Å². The van der Waals surface area contributed by atoms with Gasteiger partial charge in [0.1, 0.15) is 0 Å². The maximum Gasteiger partial charge on any atom is 0.339 e. The number of carbonyl (C=O) groups excluding carboxylic acids is 3. The third kappa shape index (κ3) is 3.24. The Bertz CT molecular complexity index is 862. The van der Waals surface area contributed by atoms with Crippen molar-refractivity contribution in [3.05, 3.63) is 65.2 Å². The number of hydrogen-bond acceptors (Lipinski definition) is 4. The second kappa shape index (κ2) is 6.39. The molecule has 25 heavy (non-hydrogen) atoms. The van der Waals surface area contributed by atoms with Gasteiger partial charge in [0.05, 0.1) is 5.56 Å². The van der Waals surface area contributed by atoms with Crippen molar-refractivity contribution in [1.29, 1.82) is 0 Å². The Hall–Kier alpha value is -3.15. The summed E-state index contributed by atoms with van der Waals surface area (Å²) in [5.41, 5.74) is 0.831. The highest BCUT2D eigenvalue weighted by Gasteiger charge is 2.42. The molecule has 0 aromatic heterocycles. The number of fused-ring (bicyclic) bond motifs is 1. The third-order valence-corrected chi connectivity index (χ3v) is 4.17. The van der Waals surface area contributed by atoms with Gasteiger partial charge in [-0.1, -0.05) is 24.3 Å². The summed E-state index contributed by atoms with van der Waals surface area (Å²) in [5, 5.41) is 5.26. The minimum atomic E-state index is -1.31. The molecule has 0 radical (unpaired) electrons. The number of hydrogen-bond donors (Lipinski definition) is 2. The van der Waals surface area contributed by atoms with Crippen molar-refractivity contribution in [1.82, 2.24) is 5.32 Å². The fourth-order valence-corrected chi connectivity index (χ4v) is 2.81. The van der Waals surface area contributed by atoms with E-state index in [-0.39, 0.29) is 12.3 Å². The van der Waals surface area contributed by atoms with E-state index >= 15 is 0 Å². The highest BCUT2D eigenvalue weighted by atomic mass is 16.6. The van der Waals surface area contributed by atoms with Gasteiger partial charge in [0.15, 0.2) is 5.60 Å². The van der Waals surface area contributed by atoms with Crippen LogP contribution in [0, 0.1) is 0 Å². The van der Waals surface area contributed by atoms with Crippen LogP contribution in [-0.4, -0.2) is 30.4 Å². The molecular weight excluding hydrogens is 320 g/mol. The van der Waals surface area contributed by atoms with Crippen molar-refractivity contribution in [3.63, 3.8) is 0 Å². The molecule has 0 saturated carbocycles. The lowest BCUT2D eigenvalue weighted by Gasteiger charge is -2.33. The van der Waals surface area contributed by atoms with Crippen LogP contribution in [0.4, 0.5) is 5.69 Å². The molecule has 1 atom stereocenters. The summed E-state index contributed by atoms with van der Waals surface area (Å²) < 4.78 is 5.40. The van der Waals surface area contributed by atoms with Crippen molar-refractivity contribution in [2.75, 3.05) is 12.4 Å². The molecular formula is C19H18N2O4. The van der Waals surface area contributed by atoms with E-state index in [1.165, 1.54) is 7.05 Å². The Labute approximate surface area is 145 Å². The van der Waals surface area contributed by atoms with Gasteiger partial charge in [0.25, 0.3) is 11.8 Å². The molecule has 0 unspecified atom stereocenters. The van der Waals surface area contributed by atoms with Gasteiger partial charge in [0, 0.05) is 24.7 Å². The molecule has 0 bridgehead atoms. The Morgan fingerprint density at radius 2 is 1.88 bits per heavy atom. The lowest BCUT2D eigenvalue weighted by molar-refractivity contribution is -0.134. The van der Waals surface area contributed by atoms with Crippen molar-refractivity contribution >= 4 is 23.5 Å². The van der Waals surface area contributed by atoms with E-state index in [0.717, 1.165) is 5.56 Å². The van der Waals surface area contributed by atoms with Crippen LogP contribution in [0.2, 0.25) is 0 Å². The first kappa shape index (κ1) is 16.7. The van der Waals surface area contributed by atoms with Gasteiger partial charge in [-0.25, -0.2) is 4.79 Å². The molecule has 6 heteroatoms. The number of carbonyl (C=O) groups is 3. The van der Waals surface area contributed by atoms with Crippen LogP contribution in [0.15, 0.2) is 48.5 Å². The van der Waals surface area contributed by atoms with Crippen molar-refractivity contribution in [2.24, 2.45) is 0 Å². The Kier molecular flexibility index (Phi) is 4.27. The van der Waals surface area contributed by atoms with Gasteiger partial charge < -0.3 is 15.4 Å². The second-order valence-electron chi connectivity index (χ2n) is 6.07. The molecule has 0 saturated heterocycles. The highest BCUT2D eigenvalue weighted by molar-refractivity contribution is 6.03. The van der Waals surface area contributed by atoms with Gasteiger partial charge in [0.2, 0.25) is 0 Å². The predicted octanol–water partition coefficient (Wildman–Crippen LogP) is 2.16. The lowest BCUT2D eigenvalue weighted by atomic mass is 9.89. The van der Waals surface area contributed by atoms with Crippen LogP contribution in [0.1, 0.15) is 33.2 Å². The maximum atomic E-state index is 12.7. The lowest BCUT2D eigenvalue weighted by Crippen LogP contribution is -2.48. The Morgan fingerprint density at radius 1 is 1.12 bits per heavy atom. The first-order chi connectivity index (χ1) is 11.9. The van der Waals surface area contributed by atoms with Crippen molar-refractivity contribution in [2.45, 2.75) is 18.9 Å². The van der Waals surface area contributed by atoms with Crippen molar-refractivity contribution in [3.8, 4) is 0 Å². The molecule has 1 heterocycles. The van der Waals surface area contributed by atoms with Crippen LogP contribution >= 0.6 is 0 Å². The van der Waals surface area contributed by atoms with Crippen LogP contribution < -0.4 is 10.6 Å². The van der Waals surface area contributed by atoms with Gasteiger partial charge >= 0.3 is 5.97 Å². The predicted molar refractivity (Wildman–Crippen MR) is 92.4 cm³/mol. The van der Waals surface area contributed by atoms with E-state index in [2.05, 4.69) is 10.6 Å². The number of cyclic esters (lactones) is 1. The average molecular weight is 338 g/mol. The van der Waals surface area contributed by atoms with E-state index < -0.39 is 17.5 Å². The quantitative estimate of drug-likeness (QED) is 0.840. The van der Waals surface area contributed by atoms with E-state index in [1.807, 2.05) is 12.1 Å². The molecule has 128 valence electrons. The van der Waals surface area contributed by atoms with E-state index in [4.69, 9.17) is 4.74 Å². The summed E-state index contributed by atoms with van der Waals surface area (Å²) in [5.74, 6) is -1.21. The van der Waals surface area contributed by atoms with Crippen LogP contribution in [-0.2, 0) is 16.0 Å². The summed E-state index contributed by atoms with van der Waals surface area (Å²) >= 11 is 0. The molecule has 2 aromatic rings. The molecule has 0 aliphatic carbocycles. The number of rotatable bonds is 3. The van der Waals surface area contributed by atoms with Crippen LogP contribution in [0.5, 0.6) is 0 Å². The Balaban J connectivity index is 1.82. The van der Waals surface area contributed by atoms with Crippen LogP contribution in [0.3, 0.4) is 0 Å². The summed E-state index contributed by atoms with van der Waals surface area (Å²) in [4.78, 5) is 36.6. The number of ether oxygens (including phenoxy) is 1. The topological polar surface area (TPSA) is 84.5 Å². The third-order valence-electron chi connectivity index (χ3n) is 4.17. The molecule has 2 aromatic carbocycles. The highest BCUT2D eigenvalue weighted by Crippen LogP contribution is 2.29. The summed E-state index contributed by atoms with van der Waals surface area (Å²) in [6, 6.07) is 13.6. The first-order valence-corrected chi connectivity index (χ1v) is 7.88. The molecule has 0 fully saturated rings. The fourth-order valence-electron chi connectivity index (χ4n) is 2.81. The standard InChI is InChI=1S/C19H18N2O4/c1-19(11-13-6-3-4-9-15(13)17(23)25-19)18(24)21-14-8-5-7-12(10-14)16(22)20-2/h3-10H,11H2,1-2H3,(H,20,22)(H,21,24)/t19-/m0/s1. The maximum absolute atomic E-state index is 12.7. The number of anilines is 1. The number of esters is 1. The summed E-state index contributed by atoms with van der Waals surface area (Å²) in [6.07, 6.45) is 0.288. The molecule has 2 amide bonds. The molecule has 0 spiro atoms. The van der Waals surface area contributed by atoms with Crippen molar-refractivity contribution < 1.29 is 19.1 Å². The molecule has 2 N–H and O–H groups in total. The molecule has 1 aliphatic rings. The summed E-state index contributed by atoms with van der Waals surface area (Å²) in [6.45, 7) is 1.58. The van der Waals surface area contributed by atoms with Gasteiger partial charge in [-0.2, -0.15) is 0 Å².